The molecule has 0 unspecified atom stereocenters. The minimum Gasteiger partial charge on any atom is -0.352 e. The maximum Gasteiger partial charge on any atom is 0.251 e. The number of benzene rings is 2. The minimum absolute atomic E-state index is 0.0637. The van der Waals surface area contributed by atoms with E-state index in [9.17, 15) is 4.79 Å². The first kappa shape index (κ1) is 20.1. The number of hydrogen-bond donors (Lipinski definition) is 1. The predicted molar refractivity (Wildman–Crippen MR) is 112 cm³/mol. The van der Waals surface area contributed by atoms with Gasteiger partial charge >= 0.3 is 0 Å². The van der Waals surface area contributed by atoms with E-state index in [-0.39, 0.29) is 5.91 Å². The molecule has 1 aliphatic rings. The second kappa shape index (κ2) is 10.6. The second-order valence-corrected chi connectivity index (χ2v) is 7.63. The van der Waals surface area contributed by atoms with Gasteiger partial charge in [0.2, 0.25) is 0 Å². The SMILES string of the molecule is N#Cc1ccc(C(=O)NCCCCN2CCC(Cc3ccccc3)CC2)cc1. The summed E-state index contributed by atoms with van der Waals surface area (Å²) in [4.78, 5) is 14.7. The van der Waals surface area contributed by atoms with Crippen LogP contribution in [0, 0.1) is 17.2 Å². The Morgan fingerprint density at radius 3 is 2.43 bits per heavy atom. The number of likely N-dealkylation sites (tertiary alicyclic amines) is 1. The molecule has 1 aliphatic heterocycles. The van der Waals surface area contributed by atoms with Gasteiger partial charge in [0, 0.05) is 12.1 Å². The number of amides is 1. The van der Waals surface area contributed by atoms with Crippen molar-refractivity contribution < 1.29 is 4.79 Å². The van der Waals surface area contributed by atoms with E-state index in [4.69, 9.17) is 5.26 Å². The zero-order valence-corrected chi connectivity index (χ0v) is 16.4. The number of nitriles is 1. The Labute approximate surface area is 168 Å². The molecular weight excluding hydrogens is 346 g/mol. The lowest BCUT2D eigenvalue weighted by Crippen LogP contribution is -2.35. The zero-order valence-electron chi connectivity index (χ0n) is 16.4. The van der Waals surface area contributed by atoms with Gasteiger partial charge in [-0.2, -0.15) is 5.26 Å². The molecule has 4 heteroatoms. The van der Waals surface area contributed by atoms with Gasteiger partial charge < -0.3 is 10.2 Å². The summed E-state index contributed by atoms with van der Waals surface area (Å²) in [5.74, 6) is 0.747. The maximum absolute atomic E-state index is 12.1. The Morgan fingerprint density at radius 2 is 1.75 bits per heavy atom. The van der Waals surface area contributed by atoms with Crippen molar-refractivity contribution in [3.63, 3.8) is 0 Å². The average Bonchev–Trinajstić information content (AvgIpc) is 2.75. The molecule has 1 fully saturated rings. The molecule has 28 heavy (non-hydrogen) atoms. The van der Waals surface area contributed by atoms with Crippen LogP contribution in [-0.2, 0) is 6.42 Å². The fraction of sp³-hybridized carbons (Fsp3) is 0.417. The molecule has 0 aromatic heterocycles. The second-order valence-electron chi connectivity index (χ2n) is 7.63. The van der Waals surface area contributed by atoms with Crippen molar-refractivity contribution in [2.24, 2.45) is 5.92 Å². The lowest BCUT2D eigenvalue weighted by molar-refractivity contribution is 0.0952. The molecular formula is C24H29N3O. The van der Waals surface area contributed by atoms with Crippen LogP contribution >= 0.6 is 0 Å². The standard InChI is InChI=1S/C24H29N3O/c25-19-22-8-10-23(11-9-22)24(28)26-14-4-5-15-27-16-12-21(13-17-27)18-20-6-2-1-3-7-20/h1-3,6-11,21H,4-5,12-18H2,(H,26,28). The fourth-order valence-electron chi connectivity index (χ4n) is 3.82. The molecule has 0 aliphatic carbocycles. The van der Waals surface area contributed by atoms with Crippen LogP contribution in [0.15, 0.2) is 54.6 Å². The Hall–Kier alpha value is -2.64. The highest BCUT2D eigenvalue weighted by molar-refractivity contribution is 5.94. The summed E-state index contributed by atoms with van der Waals surface area (Å²) in [5, 5.41) is 11.8. The summed E-state index contributed by atoms with van der Waals surface area (Å²) in [5.41, 5.74) is 2.64. The van der Waals surface area contributed by atoms with Gasteiger partial charge in [0.15, 0.2) is 0 Å². The van der Waals surface area contributed by atoms with Crippen LogP contribution in [0.5, 0.6) is 0 Å². The monoisotopic (exact) mass is 375 g/mol. The highest BCUT2D eigenvalue weighted by atomic mass is 16.1. The van der Waals surface area contributed by atoms with E-state index in [1.165, 1.54) is 37.9 Å². The van der Waals surface area contributed by atoms with Crippen LogP contribution < -0.4 is 5.32 Å². The van der Waals surface area contributed by atoms with E-state index in [1.54, 1.807) is 24.3 Å². The summed E-state index contributed by atoms with van der Waals surface area (Å²) in [6, 6.07) is 19.6. The molecule has 2 aromatic carbocycles. The highest BCUT2D eigenvalue weighted by Gasteiger charge is 2.18. The van der Waals surface area contributed by atoms with Crippen LogP contribution in [0.2, 0.25) is 0 Å². The molecule has 0 radical (unpaired) electrons. The first-order valence-electron chi connectivity index (χ1n) is 10.3. The summed E-state index contributed by atoms with van der Waals surface area (Å²) in [7, 11) is 0. The molecule has 3 rings (SSSR count). The third-order valence-electron chi connectivity index (χ3n) is 5.54. The Balaban J connectivity index is 1.27. The van der Waals surface area contributed by atoms with E-state index in [0.717, 1.165) is 25.3 Å². The number of carbonyl (C=O) groups is 1. The molecule has 2 aromatic rings. The van der Waals surface area contributed by atoms with Gasteiger partial charge in [-0.1, -0.05) is 30.3 Å². The van der Waals surface area contributed by atoms with Crippen molar-refractivity contribution in [1.29, 1.82) is 5.26 Å². The van der Waals surface area contributed by atoms with Gasteiger partial charge in [0.25, 0.3) is 5.91 Å². The summed E-state index contributed by atoms with van der Waals surface area (Å²) < 4.78 is 0. The van der Waals surface area contributed by atoms with Gasteiger partial charge in [-0.3, -0.25) is 4.79 Å². The molecule has 4 nitrogen and oxygen atoms in total. The average molecular weight is 376 g/mol. The summed E-state index contributed by atoms with van der Waals surface area (Å²) in [6.07, 6.45) is 5.87. The lowest BCUT2D eigenvalue weighted by atomic mass is 9.90. The molecule has 0 saturated carbocycles. The number of nitrogens with one attached hydrogen (secondary N) is 1. The molecule has 1 heterocycles. The number of unbranched alkanes of at least 4 members (excludes halogenated alkanes) is 1. The molecule has 0 spiro atoms. The molecule has 0 atom stereocenters. The molecule has 1 amide bonds. The third-order valence-corrected chi connectivity index (χ3v) is 5.54. The van der Waals surface area contributed by atoms with E-state index in [1.807, 2.05) is 0 Å². The van der Waals surface area contributed by atoms with Crippen molar-refractivity contribution in [3.05, 3.63) is 71.3 Å². The van der Waals surface area contributed by atoms with Crippen molar-refractivity contribution in [1.82, 2.24) is 10.2 Å². The van der Waals surface area contributed by atoms with E-state index >= 15 is 0 Å². The molecule has 1 N–H and O–H groups in total. The van der Waals surface area contributed by atoms with Crippen LogP contribution in [0.25, 0.3) is 0 Å². The summed E-state index contributed by atoms with van der Waals surface area (Å²) >= 11 is 0. The lowest BCUT2D eigenvalue weighted by Gasteiger charge is -2.32. The fourth-order valence-corrected chi connectivity index (χ4v) is 3.82. The largest absolute Gasteiger partial charge is 0.352 e. The molecule has 1 saturated heterocycles. The van der Waals surface area contributed by atoms with Gasteiger partial charge in [-0.25, -0.2) is 0 Å². The van der Waals surface area contributed by atoms with Crippen LogP contribution in [0.3, 0.4) is 0 Å². The van der Waals surface area contributed by atoms with Crippen molar-refractivity contribution in [2.75, 3.05) is 26.2 Å². The smallest absolute Gasteiger partial charge is 0.251 e. The number of rotatable bonds is 8. The number of hydrogen-bond acceptors (Lipinski definition) is 3. The van der Waals surface area contributed by atoms with E-state index in [0.29, 0.717) is 17.7 Å². The predicted octanol–water partition coefficient (Wildman–Crippen LogP) is 4.02. The minimum atomic E-state index is -0.0637. The number of nitrogens with zero attached hydrogens (tertiary/aromatic N) is 2. The van der Waals surface area contributed by atoms with Gasteiger partial charge in [-0.15, -0.1) is 0 Å². The first-order chi connectivity index (χ1) is 13.7. The highest BCUT2D eigenvalue weighted by Crippen LogP contribution is 2.21. The Kier molecular flexibility index (Phi) is 7.63. The van der Waals surface area contributed by atoms with Crippen LogP contribution in [-0.4, -0.2) is 37.0 Å². The summed E-state index contributed by atoms with van der Waals surface area (Å²) in [6.45, 7) is 4.19. The topological polar surface area (TPSA) is 56.1 Å². The normalized spacial score (nSPS) is 15.1. The van der Waals surface area contributed by atoms with Crippen LogP contribution in [0.1, 0.15) is 47.2 Å². The number of carbonyl (C=O) groups excluding carboxylic acids is 1. The van der Waals surface area contributed by atoms with Gasteiger partial charge in [0.05, 0.1) is 11.6 Å². The molecule has 146 valence electrons. The number of piperidine rings is 1. The van der Waals surface area contributed by atoms with Crippen molar-refractivity contribution in [2.45, 2.75) is 32.1 Å². The third kappa shape index (κ3) is 6.21. The van der Waals surface area contributed by atoms with Gasteiger partial charge in [-0.05, 0) is 87.5 Å². The van der Waals surface area contributed by atoms with Crippen LogP contribution in [0.4, 0.5) is 0 Å². The zero-order chi connectivity index (χ0) is 19.6. The maximum atomic E-state index is 12.1. The van der Waals surface area contributed by atoms with E-state index in [2.05, 4.69) is 46.6 Å². The molecule has 0 bridgehead atoms. The quantitative estimate of drug-likeness (QED) is 0.709. The Bertz CT molecular complexity index is 772. The van der Waals surface area contributed by atoms with Crippen molar-refractivity contribution >= 4 is 5.91 Å². The Morgan fingerprint density at radius 1 is 1.04 bits per heavy atom. The first-order valence-corrected chi connectivity index (χ1v) is 10.3. The van der Waals surface area contributed by atoms with Gasteiger partial charge in [0.1, 0.15) is 0 Å². The van der Waals surface area contributed by atoms with E-state index < -0.39 is 0 Å². The van der Waals surface area contributed by atoms with Crippen molar-refractivity contribution in [3.8, 4) is 6.07 Å².